The number of ketones is 1. The van der Waals surface area contributed by atoms with Crippen LogP contribution in [0.4, 0.5) is 0 Å². The molecule has 98 valence electrons. The third-order valence-corrected chi connectivity index (χ3v) is 3.26. The van der Waals surface area contributed by atoms with Gasteiger partial charge in [-0.2, -0.15) is 0 Å². The maximum Gasteiger partial charge on any atom is 0.328 e. The fourth-order valence-electron chi connectivity index (χ4n) is 1.48. The highest BCUT2D eigenvalue weighted by atomic mass is 79.9. The van der Waals surface area contributed by atoms with Crippen molar-refractivity contribution in [2.24, 2.45) is 0 Å². The van der Waals surface area contributed by atoms with Crippen molar-refractivity contribution in [1.82, 2.24) is 9.55 Å². The van der Waals surface area contributed by atoms with Crippen molar-refractivity contribution in [1.29, 1.82) is 0 Å². The van der Waals surface area contributed by atoms with E-state index in [4.69, 9.17) is 11.6 Å². The minimum absolute atomic E-state index is 0.157. The second kappa shape index (κ2) is 5.54. The summed E-state index contributed by atoms with van der Waals surface area (Å²) >= 11 is 8.73. The summed E-state index contributed by atoms with van der Waals surface area (Å²) in [5.41, 5.74) is -0.714. The van der Waals surface area contributed by atoms with Gasteiger partial charge in [0.1, 0.15) is 0 Å². The minimum Gasteiger partial charge on any atom is -0.292 e. The van der Waals surface area contributed by atoms with Crippen molar-refractivity contribution in [3.8, 4) is 0 Å². The highest BCUT2D eigenvalue weighted by Gasteiger charge is 2.09. The summed E-state index contributed by atoms with van der Waals surface area (Å²) in [5, 5.41) is 0.528. The number of H-pyrrole nitrogens is 1. The van der Waals surface area contributed by atoms with Crippen LogP contribution in [-0.4, -0.2) is 15.3 Å². The summed E-state index contributed by atoms with van der Waals surface area (Å²) in [6, 6.07) is 6.35. The molecule has 0 unspecified atom stereocenters. The number of nitrogens with one attached hydrogen (secondary N) is 1. The number of rotatable bonds is 3. The van der Waals surface area contributed by atoms with E-state index in [1.807, 2.05) is 0 Å². The van der Waals surface area contributed by atoms with Crippen LogP contribution in [0.2, 0.25) is 5.02 Å². The van der Waals surface area contributed by atoms with Gasteiger partial charge in [-0.05, 0) is 40.2 Å². The van der Waals surface area contributed by atoms with Crippen LogP contribution < -0.4 is 11.2 Å². The number of carbonyl (C=O) groups is 1. The van der Waals surface area contributed by atoms with Gasteiger partial charge in [-0.1, -0.05) is 11.6 Å². The Morgan fingerprint density at radius 1 is 1.26 bits per heavy atom. The summed E-state index contributed by atoms with van der Waals surface area (Å²) in [4.78, 5) is 36.8. The normalized spacial score (nSPS) is 10.4. The zero-order valence-electron chi connectivity index (χ0n) is 9.52. The SMILES string of the molecule is O=C(Cn1cc(Br)c(=O)[nH]c1=O)c1ccc(Cl)cc1. The monoisotopic (exact) mass is 342 g/mol. The van der Waals surface area contributed by atoms with Gasteiger partial charge in [0, 0.05) is 16.8 Å². The van der Waals surface area contributed by atoms with Crippen LogP contribution in [0.1, 0.15) is 10.4 Å². The number of halogens is 2. The molecule has 0 amide bonds. The number of hydrogen-bond donors (Lipinski definition) is 1. The van der Waals surface area contributed by atoms with Crippen molar-refractivity contribution < 1.29 is 4.79 Å². The highest BCUT2D eigenvalue weighted by Crippen LogP contribution is 2.10. The lowest BCUT2D eigenvalue weighted by Gasteiger charge is -2.05. The number of Topliss-reactive ketones (excluding diaryl/α,β-unsaturated/α-hetero) is 1. The molecule has 1 N–H and O–H groups in total. The van der Waals surface area contributed by atoms with Crippen molar-refractivity contribution >= 4 is 33.3 Å². The number of aromatic nitrogens is 2. The smallest absolute Gasteiger partial charge is 0.292 e. The first kappa shape index (κ1) is 13.8. The lowest BCUT2D eigenvalue weighted by molar-refractivity contribution is 0.0970. The van der Waals surface area contributed by atoms with E-state index in [0.717, 1.165) is 4.57 Å². The Labute approximate surface area is 121 Å². The van der Waals surface area contributed by atoms with Crippen LogP contribution in [0.3, 0.4) is 0 Å². The average Bonchev–Trinajstić information content (AvgIpc) is 2.36. The molecule has 7 heteroatoms. The number of benzene rings is 1. The predicted molar refractivity (Wildman–Crippen MR) is 74.8 cm³/mol. The topological polar surface area (TPSA) is 71.9 Å². The molecule has 0 aliphatic heterocycles. The molecular weight excluding hydrogens is 336 g/mol. The van der Waals surface area contributed by atoms with Gasteiger partial charge >= 0.3 is 5.69 Å². The molecule has 0 spiro atoms. The summed E-state index contributed by atoms with van der Waals surface area (Å²) in [5.74, 6) is -0.252. The molecule has 0 bridgehead atoms. The van der Waals surface area contributed by atoms with Crippen LogP contribution in [0.15, 0.2) is 44.5 Å². The molecule has 0 fully saturated rings. The van der Waals surface area contributed by atoms with Gasteiger partial charge in [-0.25, -0.2) is 4.79 Å². The molecule has 5 nitrogen and oxygen atoms in total. The third kappa shape index (κ3) is 3.21. The number of hydrogen-bond acceptors (Lipinski definition) is 3. The third-order valence-electron chi connectivity index (χ3n) is 2.45. The van der Waals surface area contributed by atoms with Gasteiger partial charge in [0.15, 0.2) is 5.78 Å². The van der Waals surface area contributed by atoms with E-state index in [2.05, 4.69) is 20.9 Å². The molecular formula is C12H8BrClN2O3. The van der Waals surface area contributed by atoms with Crippen LogP contribution in [0.5, 0.6) is 0 Å². The Balaban J connectivity index is 2.29. The minimum atomic E-state index is -0.629. The molecule has 1 aromatic carbocycles. The van der Waals surface area contributed by atoms with Gasteiger partial charge in [0.05, 0.1) is 11.0 Å². The van der Waals surface area contributed by atoms with Crippen LogP contribution >= 0.6 is 27.5 Å². The quantitative estimate of drug-likeness (QED) is 0.864. The summed E-state index contributed by atoms with van der Waals surface area (Å²) in [7, 11) is 0. The van der Waals surface area contributed by atoms with Crippen molar-refractivity contribution in [2.75, 3.05) is 0 Å². The van der Waals surface area contributed by atoms with Crippen molar-refractivity contribution in [3.63, 3.8) is 0 Å². The van der Waals surface area contributed by atoms with Crippen LogP contribution in [0, 0.1) is 0 Å². The molecule has 2 rings (SSSR count). The van der Waals surface area contributed by atoms with Crippen molar-refractivity contribution in [2.45, 2.75) is 6.54 Å². The molecule has 2 aromatic rings. The maximum atomic E-state index is 12.0. The van der Waals surface area contributed by atoms with Gasteiger partial charge in [0.2, 0.25) is 0 Å². The molecule has 0 atom stereocenters. The van der Waals surface area contributed by atoms with E-state index < -0.39 is 11.2 Å². The molecule has 1 aromatic heterocycles. The zero-order chi connectivity index (χ0) is 14.0. The van der Waals surface area contributed by atoms with E-state index in [1.165, 1.54) is 6.20 Å². The van der Waals surface area contributed by atoms with E-state index in [-0.39, 0.29) is 16.8 Å². The molecule has 0 radical (unpaired) electrons. The largest absolute Gasteiger partial charge is 0.328 e. The van der Waals surface area contributed by atoms with E-state index in [9.17, 15) is 14.4 Å². The number of aromatic amines is 1. The van der Waals surface area contributed by atoms with Gasteiger partial charge < -0.3 is 0 Å². The van der Waals surface area contributed by atoms with Gasteiger partial charge in [-0.3, -0.25) is 19.1 Å². The lowest BCUT2D eigenvalue weighted by Crippen LogP contribution is -2.31. The summed E-state index contributed by atoms with van der Waals surface area (Å²) in [6.07, 6.45) is 1.29. The second-order valence-electron chi connectivity index (χ2n) is 3.79. The standard InChI is InChI=1S/C12H8BrClN2O3/c13-9-5-16(12(19)15-11(9)18)6-10(17)7-1-3-8(14)4-2-7/h1-5H,6H2,(H,15,18,19). The fraction of sp³-hybridized carbons (Fsp3) is 0.0833. The molecule has 19 heavy (non-hydrogen) atoms. The van der Waals surface area contributed by atoms with E-state index >= 15 is 0 Å². The predicted octanol–water partition coefficient (Wildman–Crippen LogP) is 1.84. The summed E-state index contributed by atoms with van der Waals surface area (Å²) in [6.45, 7) is -0.157. The Kier molecular flexibility index (Phi) is 4.01. The summed E-state index contributed by atoms with van der Waals surface area (Å²) < 4.78 is 1.32. The Bertz CT molecular complexity index is 734. The maximum absolute atomic E-state index is 12.0. The second-order valence-corrected chi connectivity index (χ2v) is 5.09. The number of nitrogens with zero attached hydrogens (tertiary/aromatic N) is 1. The molecule has 0 aliphatic rings. The first-order valence-corrected chi connectivity index (χ1v) is 6.42. The van der Waals surface area contributed by atoms with Crippen LogP contribution in [0.25, 0.3) is 0 Å². The van der Waals surface area contributed by atoms with Gasteiger partial charge in [-0.15, -0.1) is 0 Å². The first-order valence-electron chi connectivity index (χ1n) is 5.25. The average molecular weight is 344 g/mol. The number of carbonyl (C=O) groups excluding carboxylic acids is 1. The first-order chi connectivity index (χ1) is 8.97. The Morgan fingerprint density at radius 3 is 2.53 bits per heavy atom. The Hall–Kier alpha value is -1.66. The highest BCUT2D eigenvalue weighted by molar-refractivity contribution is 9.10. The molecule has 0 aliphatic carbocycles. The molecule has 1 heterocycles. The fourth-order valence-corrected chi connectivity index (χ4v) is 1.95. The Morgan fingerprint density at radius 2 is 1.89 bits per heavy atom. The zero-order valence-corrected chi connectivity index (χ0v) is 11.9. The lowest BCUT2D eigenvalue weighted by atomic mass is 10.1. The molecule has 0 saturated carbocycles. The van der Waals surface area contributed by atoms with E-state index in [1.54, 1.807) is 24.3 Å². The van der Waals surface area contributed by atoms with E-state index in [0.29, 0.717) is 10.6 Å². The van der Waals surface area contributed by atoms with Crippen LogP contribution in [-0.2, 0) is 6.54 Å². The van der Waals surface area contributed by atoms with Gasteiger partial charge in [0.25, 0.3) is 5.56 Å². The molecule has 0 saturated heterocycles. The van der Waals surface area contributed by atoms with Crippen molar-refractivity contribution in [3.05, 3.63) is 66.4 Å².